The molecule has 0 N–H and O–H groups in total. The third kappa shape index (κ3) is 3.00. The van der Waals surface area contributed by atoms with E-state index < -0.39 is 17.2 Å². The van der Waals surface area contributed by atoms with Gasteiger partial charge in [0.05, 0.1) is 18.4 Å². The Kier molecular flexibility index (Phi) is 4.01. The predicted molar refractivity (Wildman–Crippen MR) is 105 cm³/mol. The predicted octanol–water partition coefficient (Wildman–Crippen LogP) is 3.75. The second-order valence-corrected chi connectivity index (χ2v) is 6.81. The van der Waals surface area contributed by atoms with E-state index in [-0.39, 0.29) is 17.8 Å². The minimum absolute atomic E-state index is 0.206. The first-order chi connectivity index (χ1) is 14.1. The largest absolute Gasteiger partial charge is 0.285 e. The minimum Gasteiger partial charge on any atom is -0.285 e. The molecule has 7 heteroatoms. The third-order valence-corrected chi connectivity index (χ3v) is 5.00. The van der Waals surface area contributed by atoms with Crippen LogP contribution in [0.2, 0.25) is 0 Å². The number of fused-ring (bicyclic) bond motifs is 2. The molecule has 0 radical (unpaired) electrons. The van der Waals surface area contributed by atoms with Crippen molar-refractivity contribution in [2.24, 2.45) is 0 Å². The van der Waals surface area contributed by atoms with Crippen LogP contribution in [0.1, 0.15) is 16.8 Å². The van der Waals surface area contributed by atoms with Gasteiger partial charge in [-0.05, 0) is 41.5 Å². The van der Waals surface area contributed by atoms with Crippen LogP contribution in [-0.4, -0.2) is 19.5 Å². The Morgan fingerprint density at radius 1 is 1.00 bits per heavy atom. The zero-order valence-electron chi connectivity index (χ0n) is 15.1. The van der Waals surface area contributed by atoms with Crippen LogP contribution in [0.25, 0.3) is 28.4 Å². The first-order valence-corrected chi connectivity index (χ1v) is 9.04. The molecule has 29 heavy (non-hydrogen) atoms. The van der Waals surface area contributed by atoms with Gasteiger partial charge in [0.15, 0.2) is 5.65 Å². The minimum atomic E-state index is -0.733. The van der Waals surface area contributed by atoms with Crippen molar-refractivity contribution in [3.63, 3.8) is 0 Å². The average Bonchev–Trinajstić information content (AvgIpc) is 3.19. The normalized spacial score (nSPS) is 12.5. The molecule has 0 unspecified atom stereocenters. The third-order valence-electron chi connectivity index (χ3n) is 5.00. The van der Waals surface area contributed by atoms with Gasteiger partial charge in [0.25, 0.3) is 5.56 Å². The zero-order valence-corrected chi connectivity index (χ0v) is 15.1. The Morgan fingerprint density at radius 3 is 2.66 bits per heavy atom. The van der Waals surface area contributed by atoms with Crippen molar-refractivity contribution in [2.75, 3.05) is 0 Å². The first kappa shape index (κ1) is 17.4. The lowest BCUT2D eigenvalue weighted by molar-refractivity contribution is 0.544. The second kappa shape index (κ2) is 6.70. The number of allylic oxidation sites excluding steroid dienone is 1. The van der Waals surface area contributed by atoms with Gasteiger partial charge < -0.3 is 0 Å². The van der Waals surface area contributed by atoms with Crippen LogP contribution < -0.4 is 5.56 Å². The summed E-state index contributed by atoms with van der Waals surface area (Å²) in [6.45, 7) is -0.280. The highest BCUT2D eigenvalue weighted by Crippen LogP contribution is 2.28. The van der Waals surface area contributed by atoms with Gasteiger partial charge in [-0.25, -0.2) is 18.7 Å². The van der Waals surface area contributed by atoms with E-state index in [0.717, 1.165) is 23.9 Å². The van der Waals surface area contributed by atoms with Crippen molar-refractivity contribution in [1.82, 2.24) is 19.5 Å². The fraction of sp³-hybridized carbons (Fsp3) is 0.0909. The lowest BCUT2D eigenvalue weighted by Gasteiger charge is -2.12. The molecule has 0 bridgehead atoms. The van der Waals surface area contributed by atoms with E-state index in [0.29, 0.717) is 16.6 Å². The Morgan fingerprint density at radius 2 is 1.83 bits per heavy atom. The molecule has 0 fully saturated rings. The average molecular weight is 388 g/mol. The van der Waals surface area contributed by atoms with E-state index in [4.69, 9.17) is 0 Å². The van der Waals surface area contributed by atoms with Gasteiger partial charge >= 0.3 is 0 Å². The summed E-state index contributed by atoms with van der Waals surface area (Å²) >= 11 is 0. The van der Waals surface area contributed by atoms with Gasteiger partial charge in [0.1, 0.15) is 17.2 Å². The van der Waals surface area contributed by atoms with Crippen molar-refractivity contribution < 1.29 is 8.78 Å². The number of hydrogen-bond acceptors (Lipinski definition) is 4. The summed E-state index contributed by atoms with van der Waals surface area (Å²) in [6, 6.07) is 7.76. The Bertz CT molecular complexity index is 1340. The summed E-state index contributed by atoms with van der Waals surface area (Å²) in [5, 5.41) is 0. The molecular formula is C22H14F2N4O. The van der Waals surface area contributed by atoms with Gasteiger partial charge in [0, 0.05) is 29.9 Å². The first-order valence-electron chi connectivity index (χ1n) is 9.04. The van der Waals surface area contributed by atoms with Crippen LogP contribution in [0.15, 0.2) is 59.8 Å². The molecule has 0 spiro atoms. The molecule has 0 saturated heterocycles. The van der Waals surface area contributed by atoms with Crippen molar-refractivity contribution >= 4 is 17.2 Å². The standard InChI is InChI=1S/C22H14F2N4O/c23-17-8-14(15-7-13-3-1-4-19(13)26-10-15)9-18(24)16(17)12-28-21(29)11-27-20-5-2-6-25-22(20)28/h1-3,5-11H,4,12H2. The van der Waals surface area contributed by atoms with Crippen molar-refractivity contribution in [3.8, 4) is 11.1 Å². The van der Waals surface area contributed by atoms with Gasteiger partial charge in [-0.1, -0.05) is 12.2 Å². The Balaban J connectivity index is 1.57. The van der Waals surface area contributed by atoms with Gasteiger partial charge in [-0.3, -0.25) is 14.3 Å². The van der Waals surface area contributed by atoms with Crippen LogP contribution >= 0.6 is 0 Å². The summed E-state index contributed by atoms with van der Waals surface area (Å²) in [5.74, 6) is -1.47. The molecule has 5 nitrogen and oxygen atoms in total. The summed E-state index contributed by atoms with van der Waals surface area (Å²) in [5.41, 5.74) is 2.99. The Hall–Kier alpha value is -3.74. The Labute approximate surface area is 164 Å². The highest BCUT2D eigenvalue weighted by atomic mass is 19.1. The maximum absolute atomic E-state index is 14.9. The molecule has 3 heterocycles. The highest BCUT2D eigenvalue weighted by Gasteiger charge is 2.16. The highest BCUT2D eigenvalue weighted by molar-refractivity contribution is 5.70. The molecule has 0 aliphatic heterocycles. The molecule has 1 aliphatic carbocycles. The number of pyridine rings is 2. The molecule has 142 valence electrons. The van der Waals surface area contributed by atoms with Gasteiger partial charge in [-0.15, -0.1) is 0 Å². The number of nitrogens with zero attached hydrogens (tertiary/aromatic N) is 4. The van der Waals surface area contributed by atoms with E-state index in [1.807, 2.05) is 18.2 Å². The number of rotatable bonds is 3. The van der Waals surface area contributed by atoms with E-state index >= 15 is 0 Å². The molecule has 0 atom stereocenters. The number of halogens is 2. The van der Waals surface area contributed by atoms with Crippen molar-refractivity contribution in [1.29, 1.82) is 0 Å². The molecule has 0 amide bonds. The molecule has 0 saturated carbocycles. The van der Waals surface area contributed by atoms with E-state index in [1.54, 1.807) is 18.3 Å². The maximum Gasteiger partial charge on any atom is 0.270 e. The van der Waals surface area contributed by atoms with Crippen LogP contribution in [0.4, 0.5) is 8.78 Å². The molecule has 5 rings (SSSR count). The monoisotopic (exact) mass is 388 g/mol. The molecule has 1 aromatic carbocycles. The van der Waals surface area contributed by atoms with Crippen LogP contribution in [-0.2, 0) is 13.0 Å². The summed E-state index contributed by atoms with van der Waals surface area (Å²) in [7, 11) is 0. The lowest BCUT2D eigenvalue weighted by atomic mass is 10.0. The number of hydrogen-bond donors (Lipinski definition) is 0. The quantitative estimate of drug-likeness (QED) is 0.536. The fourth-order valence-electron chi connectivity index (χ4n) is 3.51. The van der Waals surface area contributed by atoms with Gasteiger partial charge in [-0.2, -0.15) is 0 Å². The number of aromatic nitrogens is 4. The fourth-order valence-corrected chi connectivity index (χ4v) is 3.51. The van der Waals surface area contributed by atoms with Crippen LogP contribution in [0.5, 0.6) is 0 Å². The van der Waals surface area contributed by atoms with Gasteiger partial charge in [0.2, 0.25) is 0 Å². The second-order valence-electron chi connectivity index (χ2n) is 6.81. The molecular weight excluding hydrogens is 374 g/mol. The molecule has 3 aromatic heterocycles. The molecule has 4 aromatic rings. The number of benzene rings is 1. The van der Waals surface area contributed by atoms with Crippen LogP contribution in [0, 0.1) is 11.6 Å². The summed E-state index contributed by atoms with van der Waals surface area (Å²) in [6.07, 6.45) is 8.95. The van der Waals surface area contributed by atoms with Crippen molar-refractivity contribution in [2.45, 2.75) is 13.0 Å². The summed E-state index contributed by atoms with van der Waals surface area (Å²) in [4.78, 5) is 24.8. The smallest absolute Gasteiger partial charge is 0.270 e. The SMILES string of the molecule is O=c1cnc2cccnc2n1Cc1c(F)cc(-c2cnc3c(c2)C=CC3)cc1F. The van der Waals surface area contributed by atoms with E-state index in [9.17, 15) is 13.6 Å². The van der Waals surface area contributed by atoms with Crippen LogP contribution in [0.3, 0.4) is 0 Å². The lowest BCUT2D eigenvalue weighted by Crippen LogP contribution is -2.23. The summed E-state index contributed by atoms with van der Waals surface area (Å²) < 4.78 is 30.9. The maximum atomic E-state index is 14.9. The topological polar surface area (TPSA) is 60.7 Å². The molecule has 1 aliphatic rings. The van der Waals surface area contributed by atoms with E-state index in [2.05, 4.69) is 15.0 Å². The van der Waals surface area contributed by atoms with Crippen molar-refractivity contribution in [3.05, 3.63) is 93.8 Å². The zero-order chi connectivity index (χ0) is 20.0. The van der Waals surface area contributed by atoms with E-state index in [1.165, 1.54) is 22.9 Å².